The molecule has 0 spiro atoms. The van der Waals surface area contributed by atoms with Gasteiger partial charge in [-0.2, -0.15) is 0 Å². The van der Waals surface area contributed by atoms with Gasteiger partial charge >= 0.3 is 0 Å². The van der Waals surface area contributed by atoms with E-state index in [4.69, 9.17) is 0 Å². The van der Waals surface area contributed by atoms with E-state index in [1.165, 1.54) is 16.3 Å². The van der Waals surface area contributed by atoms with Crippen molar-refractivity contribution in [3.05, 3.63) is 64.4 Å². The summed E-state index contributed by atoms with van der Waals surface area (Å²) in [5, 5.41) is 9.57. The number of rotatable bonds is 6. The number of anilines is 1. The van der Waals surface area contributed by atoms with E-state index in [-0.39, 0.29) is 17.2 Å². The Hall–Kier alpha value is -3.33. The molecule has 0 bridgehead atoms. The minimum atomic E-state index is -0.122. The molecule has 0 aliphatic heterocycles. The second kappa shape index (κ2) is 8.43. The Balaban J connectivity index is 1.51. The van der Waals surface area contributed by atoms with Gasteiger partial charge in [0.2, 0.25) is 11.7 Å². The normalized spacial score (nSPS) is 11.2. The Bertz CT molecular complexity index is 1310. The average Bonchev–Trinajstić information content (AvgIpc) is 3.20. The fraction of sp³-hybridized carbons (Fsp3) is 0.273. The molecule has 2 aromatic carbocycles. The number of carbonyl (C=O) groups excluding carboxylic acids is 1. The van der Waals surface area contributed by atoms with Gasteiger partial charge in [-0.05, 0) is 29.8 Å². The first-order chi connectivity index (χ1) is 14.9. The van der Waals surface area contributed by atoms with Gasteiger partial charge in [0.1, 0.15) is 0 Å². The van der Waals surface area contributed by atoms with Crippen LogP contribution in [0.15, 0.2) is 58.5 Å². The monoisotopic (exact) mass is 436 g/mol. The molecule has 160 valence electrons. The quantitative estimate of drug-likeness (QED) is 0.432. The van der Waals surface area contributed by atoms with Gasteiger partial charge < -0.3 is 9.80 Å². The molecule has 9 heteroatoms. The van der Waals surface area contributed by atoms with Gasteiger partial charge in [0, 0.05) is 40.4 Å². The second-order valence-electron chi connectivity index (χ2n) is 7.60. The molecule has 0 aliphatic rings. The summed E-state index contributed by atoms with van der Waals surface area (Å²) in [4.78, 5) is 29.0. The number of nitrogens with zero attached hydrogens (tertiary/aromatic N) is 6. The topological polar surface area (TPSA) is 75.7 Å². The third-order valence-corrected chi connectivity index (χ3v) is 6.13. The van der Waals surface area contributed by atoms with E-state index in [1.807, 2.05) is 65.9 Å². The fourth-order valence-corrected chi connectivity index (χ4v) is 4.28. The number of amides is 1. The van der Waals surface area contributed by atoms with Crippen molar-refractivity contribution < 1.29 is 4.79 Å². The maximum Gasteiger partial charge on any atom is 0.262 e. The van der Waals surface area contributed by atoms with Crippen molar-refractivity contribution in [1.29, 1.82) is 0 Å². The van der Waals surface area contributed by atoms with Gasteiger partial charge in [-0.1, -0.05) is 36.0 Å². The maximum absolute atomic E-state index is 12.7. The predicted molar refractivity (Wildman–Crippen MR) is 124 cm³/mol. The van der Waals surface area contributed by atoms with Crippen molar-refractivity contribution in [2.45, 2.75) is 11.7 Å². The van der Waals surface area contributed by atoms with Crippen molar-refractivity contribution in [3.63, 3.8) is 0 Å². The SMILES string of the molecule is CN(Cc1ccc(N(C)C)cc1)C(=O)CSc1nnc2n(C)c(=O)c3ccccc3n12. The lowest BCUT2D eigenvalue weighted by Gasteiger charge is -2.18. The van der Waals surface area contributed by atoms with E-state index in [9.17, 15) is 9.59 Å². The standard InChI is InChI=1S/C22H24N6O2S/c1-25(2)16-11-9-15(10-12-16)13-26(3)19(29)14-31-22-24-23-21-27(4)20(30)17-7-5-6-8-18(17)28(21)22/h5-12H,13-14H2,1-4H3. The molecule has 0 saturated heterocycles. The summed E-state index contributed by atoms with van der Waals surface area (Å²) in [5.41, 5.74) is 2.80. The molecule has 8 nitrogen and oxygen atoms in total. The smallest absolute Gasteiger partial charge is 0.262 e. The summed E-state index contributed by atoms with van der Waals surface area (Å²) in [7, 11) is 7.46. The second-order valence-corrected chi connectivity index (χ2v) is 8.54. The molecule has 0 aliphatic carbocycles. The van der Waals surface area contributed by atoms with Crippen LogP contribution in [0.4, 0.5) is 5.69 Å². The van der Waals surface area contributed by atoms with Crippen LogP contribution in [0.1, 0.15) is 5.56 Å². The first-order valence-corrected chi connectivity index (χ1v) is 10.8. The van der Waals surface area contributed by atoms with Crippen molar-refractivity contribution in [1.82, 2.24) is 24.1 Å². The molecule has 0 N–H and O–H groups in total. The highest BCUT2D eigenvalue weighted by Gasteiger charge is 2.17. The van der Waals surface area contributed by atoms with Crippen molar-refractivity contribution in [2.75, 3.05) is 31.8 Å². The number of para-hydroxylation sites is 1. The van der Waals surface area contributed by atoms with E-state index in [0.717, 1.165) is 16.8 Å². The number of thioether (sulfide) groups is 1. The molecule has 0 atom stereocenters. The lowest BCUT2D eigenvalue weighted by molar-refractivity contribution is -0.127. The zero-order chi connectivity index (χ0) is 22.1. The summed E-state index contributed by atoms with van der Waals surface area (Å²) < 4.78 is 3.30. The largest absolute Gasteiger partial charge is 0.378 e. The van der Waals surface area contributed by atoms with E-state index < -0.39 is 0 Å². The van der Waals surface area contributed by atoms with Gasteiger partial charge in [0.15, 0.2) is 5.16 Å². The maximum atomic E-state index is 12.7. The third kappa shape index (κ3) is 4.00. The molecule has 0 saturated carbocycles. The minimum absolute atomic E-state index is 0.00689. The van der Waals surface area contributed by atoms with Crippen LogP contribution in [0.25, 0.3) is 16.7 Å². The number of fused-ring (bicyclic) bond motifs is 3. The van der Waals surface area contributed by atoms with Crippen LogP contribution < -0.4 is 10.5 Å². The van der Waals surface area contributed by atoms with E-state index in [0.29, 0.717) is 22.9 Å². The van der Waals surface area contributed by atoms with Crippen LogP contribution >= 0.6 is 11.8 Å². The number of hydrogen-bond acceptors (Lipinski definition) is 6. The number of aryl methyl sites for hydroxylation is 1. The molecular weight excluding hydrogens is 412 g/mol. The average molecular weight is 437 g/mol. The molecule has 0 radical (unpaired) electrons. The first-order valence-electron chi connectivity index (χ1n) is 9.82. The highest BCUT2D eigenvalue weighted by molar-refractivity contribution is 7.99. The summed E-state index contributed by atoms with van der Waals surface area (Å²) in [6, 6.07) is 15.5. The van der Waals surface area contributed by atoms with Crippen molar-refractivity contribution >= 4 is 40.0 Å². The van der Waals surface area contributed by atoms with Crippen molar-refractivity contribution in [3.8, 4) is 0 Å². The Labute approximate surface area is 184 Å². The molecule has 2 aromatic heterocycles. The number of carbonyl (C=O) groups is 1. The van der Waals surface area contributed by atoms with Gasteiger partial charge in [0.05, 0.1) is 16.7 Å². The molecule has 4 aromatic rings. The van der Waals surface area contributed by atoms with E-state index >= 15 is 0 Å². The summed E-state index contributed by atoms with van der Waals surface area (Å²) in [6.07, 6.45) is 0. The number of benzene rings is 2. The van der Waals surface area contributed by atoms with E-state index in [2.05, 4.69) is 10.2 Å². The summed E-state index contributed by atoms with van der Waals surface area (Å²) in [5.74, 6) is 0.671. The highest BCUT2D eigenvalue weighted by atomic mass is 32.2. The van der Waals surface area contributed by atoms with Gasteiger partial charge in [-0.3, -0.25) is 18.6 Å². The molecule has 31 heavy (non-hydrogen) atoms. The molecule has 0 unspecified atom stereocenters. The minimum Gasteiger partial charge on any atom is -0.378 e. The molecular formula is C22H24N6O2S. The molecule has 1 amide bonds. The number of aromatic nitrogens is 4. The Morgan fingerprint density at radius 2 is 1.74 bits per heavy atom. The third-order valence-electron chi connectivity index (χ3n) is 5.22. The highest BCUT2D eigenvalue weighted by Crippen LogP contribution is 2.22. The van der Waals surface area contributed by atoms with Gasteiger partial charge in [0.25, 0.3) is 5.56 Å². The van der Waals surface area contributed by atoms with Crippen LogP contribution in [0.5, 0.6) is 0 Å². The van der Waals surface area contributed by atoms with Gasteiger partial charge in [-0.25, -0.2) is 0 Å². The summed E-state index contributed by atoms with van der Waals surface area (Å²) in [6.45, 7) is 0.533. The van der Waals surface area contributed by atoms with Crippen LogP contribution in [0.2, 0.25) is 0 Å². The molecule has 2 heterocycles. The number of hydrogen-bond donors (Lipinski definition) is 0. The van der Waals surface area contributed by atoms with Crippen LogP contribution in [0.3, 0.4) is 0 Å². The lowest BCUT2D eigenvalue weighted by Crippen LogP contribution is -2.28. The fourth-order valence-electron chi connectivity index (χ4n) is 3.40. The Kier molecular flexibility index (Phi) is 5.69. The summed E-state index contributed by atoms with van der Waals surface area (Å²) >= 11 is 1.32. The van der Waals surface area contributed by atoms with Crippen LogP contribution in [-0.4, -0.2) is 56.9 Å². The first kappa shape index (κ1) is 20.9. The zero-order valence-corrected chi connectivity index (χ0v) is 18.8. The van der Waals surface area contributed by atoms with Crippen LogP contribution in [-0.2, 0) is 18.4 Å². The molecule has 4 rings (SSSR count). The Morgan fingerprint density at radius 3 is 2.45 bits per heavy atom. The Morgan fingerprint density at radius 1 is 1.03 bits per heavy atom. The van der Waals surface area contributed by atoms with Crippen LogP contribution in [0, 0.1) is 0 Å². The zero-order valence-electron chi connectivity index (χ0n) is 17.9. The van der Waals surface area contributed by atoms with E-state index in [1.54, 1.807) is 25.1 Å². The molecule has 0 fully saturated rings. The van der Waals surface area contributed by atoms with Gasteiger partial charge in [-0.15, -0.1) is 10.2 Å². The predicted octanol–water partition coefficient (Wildman–Crippen LogP) is 2.40. The van der Waals surface area contributed by atoms with Crippen molar-refractivity contribution in [2.24, 2.45) is 7.05 Å². The lowest BCUT2D eigenvalue weighted by atomic mass is 10.2.